The van der Waals surface area contributed by atoms with E-state index in [9.17, 15) is 9.59 Å². The Labute approximate surface area is 170 Å². The Morgan fingerprint density at radius 1 is 1.18 bits per heavy atom. The summed E-state index contributed by atoms with van der Waals surface area (Å²) >= 11 is 6.28. The number of hydrogen-bond acceptors (Lipinski definition) is 4. The van der Waals surface area contributed by atoms with E-state index in [2.05, 4.69) is 20.9 Å². The van der Waals surface area contributed by atoms with E-state index < -0.39 is 0 Å². The summed E-state index contributed by atoms with van der Waals surface area (Å²) in [6, 6.07) is 5.80. The van der Waals surface area contributed by atoms with Crippen LogP contribution < -0.4 is 21.5 Å². The number of carbonyl (C=O) groups excluding carboxylic acids is 1. The number of benzene rings is 1. The van der Waals surface area contributed by atoms with Gasteiger partial charge in [-0.3, -0.25) is 9.59 Å². The molecule has 1 aromatic carbocycles. The van der Waals surface area contributed by atoms with Gasteiger partial charge in [-0.2, -0.15) is 0 Å². The summed E-state index contributed by atoms with van der Waals surface area (Å²) in [4.78, 5) is 27.7. The molecule has 1 saturated heterocycles. The molecule has 1 amide bonds. The highest BCUT2D eigenvalue weighted by molar-refractivity contribution is 6.31. The third-order valence-corrected chi connectivity index (χ3v) is 5.45. The molecule has 0 unspecified atom stereocenters. The molecule has 6 nitrogen and oxygen atoms in total. The second-order valence-electron chi connectivity index (χ2n) is 7.42. The molecule has 1 fully saturated rings. The van der Waals surface area contributed by atoms with E-state index in [-0.39, 0.29) is 18.0 Å². The van der Waals surface area contributed by atoms with Crippen molar-refractivity contribution in [2.75, 3.05) is 18.4 Å². The number of rotatable bonds is 5. The van der Waals surface area contributed by atoms with Crippen molar-refractivity contribution in [2.24, 2.45) is 0 Å². The molecule has 2 aromatic rings. The first-order valence-electron chi connectivity index (χ1n) is 9.60. The number of aromatic amines is 1. The predicted octanol–water partition coefficient (Wildman–Crippen LogP) is 3.05. The molecule has 7 heteroatoms. The molecular formula is C21H27ClN4O2. The maximum absolute atomic E-state index is 12.8. The molecule has 3 rings (SSSR count). The second kappa shape index (κ2) is 8.80. The third-order valence-electron chi connectivity index (χ3n) is 5.24. The van der Waals surface area contributed by atoms with Crippen LogP contribution in [-0.4, -0.2) is 30.0 Å². The van der Waals surface area contributed by atoms with E-state index in [4.69, 9.17) is 11.6 Å². The Bertz CT molecular complexity index is 933. The van der Waals surface area contributed by atoms with Crippen LogP contribution in [0.4, 0.5) is 5.69 Å². The molecule has 2 heterocycles. The lowest BCUT2D eigenvalue weighted by molar-refractivity contribution is 0.0950. The number of H-pyrrole nitrogens is 1. The van der Waals surface area contributed by atoms with Crippen LogP contribution >= 0.6 is 11.6 Å². The van der Waals surface area contributed by atoms with Crippen molar-refractivity contribution in [3.8, 4) is 0 Å². The fraction of sp³-hybridized carbons (Fsp3) is 0.429. The first-order valence-corrected chi connectivity index (χ1v) is 9.98. The number of anilines is 1. The van der Waals surface area contributed by atoms with Gasteiger partial charge in [0.15, 0.2) is 0 Å². The quantitative estimate of drug-likeness (QED) is 0.619. The largest absolute Gasteiger partial charge is 0.382 e. The molecule has 1 aliphatic heterocycles. The molecular weight excluding hydrogens is 376 g/mol. The highest BCUT2D eigenvalue weighted by Crippen LogP contribution is 2.26. The van der Waals surface area contributed by atoms with Crippen LogP contribution in [0.2, 0.25) is 5.02 Å². The van der Waals surface area contributed by atoms with Crippen molar-refractivity contribution in [3.63, 3.8) is 0 Å². The zero-order chi connectivity index (χ0) is 20.3. The van der Waals surface area contributed by atoms with Crippen molar-refractivity contribution in [2.45, 2.75) is 46.2 Å². The summed E-state index contributed by atoms with van der Waals surface area (Å²) in [7, 11) is 0. The average molecular weight is 403 g/mol. The summed E-state index contributed by atoms with van der Waals surface area (Å²) < 4.78 is 0. The minimum absolute atomic E-state index is 0.170. The number of aryl methyl sites for hydroxylation is 2. The van der Waals surface area contributed by atoms with E-state index in [0.29, 0.717) is 22.2 Å². The Morgan fingerprint density at radius 2 is 1.89 bits per heavy atom. The van der Waals surface area contributed by atoms with Crippen molar-refractivity contribution < 1.29 is 4.79 Å². The zero-order valence-corrected chi connectivity index (χ0v) is 17.3. The van der Waals surface area contributed by atoms with Crippen LogP contribution in [0.15, 0.2) is 23.0 Å². The van der Waals surface area contributed by atoms with Gasteiger partial charge in [0.1, 0.15) is 0 Å². The number of piperidine rings is 1. The van der Waals surface area contributed by atoms with Gasteiger partial charge in [0, 0.05) is 40.1 Å². The SMILES string of the molecule is Cc1cc(C)c(CNC(=O)c2cc(Cl)cc(NC3CCNCC3)c2C)c(=O)[nH]1. The summed E-state index contributed by atoms with van der Waals surface area (Å²) in [5.74, 6) is -0.243. The standard InChI is InChI=1S/C21H27ClN4O2/c1-12-8-13(2)25-21(28)18(12)11-24-20(27)17-9-15(22)10-19(14(17)3)26-16-4-6-23-7-5-16/h8-10,16,23,26H,4-7,11H2,1-3H3,(H,24,27)(H,25,28). The highest BCUT2D eigenvalue weighted by atomic mass is 35.5. The van der Waals surface area contributed by atoms with E-state index in [1.807, 2.05) is 32.9 Å². The minimum Gasteiger partial charge on any atom is -0.382 e. The van der Waals surface area contributed by atoms with E-state index >= 15 is 0 Å². The van der Waals surface area contributed by atoms with Gasteiger partial charge < -0.3 is 20.9 Å². The number of pyridine rings is 1. The highest BCUT2D eigenvalue weighted by Gasteiger charge is 2.18. The number of carbonyl (C=O) groups is 1. The number of hydrogen-bond donors (Lipinski definition) is 4. The fourth-order valence-electron chi connectivity index (χ4n) is 3.62. The van der Waals surface area contributed by atoms with Gasteiger partial charge in [0.05, 0.1) is 0 Å². The fourth-order valence-corrected chi connectivity index (χ4v) is 3.83. The van der Waals surface area contributed by atoms with Gasteiger partial charge in [-0.1, -0.05) is 11.6 Å². The van der Waals surface area contributed by atoms with Gasteiger partial charge >= 0.3 is 0 Å². The number of halogens is 1. The molecule has 0 spiro atoms. The van der Waals surface area contributed by atoms with Crippen LogP contribution in [0.3, 0.4) is 0 Å². The van der Waals surface area contributed by atoms with Crippen molar-refractivity contribution >= 4 is 23.2 Å². The molecule has 0 radical (unpaired) electrons. The first kappa shape index (κ1) is 20.4. The van der Waals surface area contributed by atoms with E-state index in [1.165, 1.54) is 0 Å². The van der Waals surface area contributed by atoms with Crippen LogP contribution in [0.5, 0.6) is 0 Å². The van der Waals surface area contributed by atoms with Crippen molar-refractivity contribution in [1.82, 2.24) is 15.6 Å². The molecule has 0 atom stereocenters. The minimum atomic E-state index is -0.243. The van der Waals surface area contributed by atoms with Gasteiger partial charge in [0.2, 0.25) is 0 Å². The molecule has 4 N–H and O–H groups in total. The maximum Gasteiger partial charge on any atom is 0.253 e. The number of amides is 1. The average Bonchev–Trinajstić information content (AvgIpc) is 2.64. The monoisotopic (exact) mass is 402 g/mol. The van der Waals surface area contributed by atoms with Gasteiger partial charge in [0.25, 0.3) is 11.5 Å². The Kier molecular flexibility index (Phi) is 6.42. The Morgan fingerprint density at radius 3 is 2.57 bits per heavy atom. The lowest BCUT2D eigenvalue weighted by Crippen LogP contribution is -2.35. The smallest absolute Gasteiger partial charge is 0.253 e. The molecule has 0 bridgehead atoms. The molecule has 150 valence electrons. The van der Waals surface area contributed by atoms with Gasteiger partial charge in [-0.25, -0.2) is 0 Å². The molecule has 1 aliphatic rings. The van der Waals surface area contributed by atoms with Gasteiger partial charge in [-0.05, 0) is 76.0 Å². The summed E-state index contributed by atoms with van der Waals surface area (Å²) in [6.07, 6.45) is 2.06. The molecule has 0 saturated carbocycles. The van der Waals surface area contributed by atoms with E-state index in [0.717, 1.165) is 48.4 Å². The topological polar surface area (TPSA) is 86.0 Å². The summed E-state index contributed by atoms with van der Waals surface area (Å²) in [5, 5.41) is 10.2. The van der Waals surface area contributed by atoms with Crippen LogP contribution in [-0.2, 0) is 6.54 Å². The van der Waals surface area contributed by atoms with Crippen LogP contribution in [0.25, 0.3) is 0 Å². The molecule has 1 aromatic heterocycles. The summed E-state index contributed by atoms with van der Waals surface area (Å²) in [6.45, 7) is 7.75. The lowest BCUT2D eigenvalue weighted by Gasteiger charge is -2.26. The zero-order valence-electron chi connectivity index (χ0n) is 16.5. The normalized spacial score (nSPS) is 14.7. The molecule has 28 heavy (non-hydrogen) atoms. The van der Waals surface area contributed by atoms with Gasteiger partial charge in [-0.15, -0.1) is 0 Å². The third kappa shape index (κ3) is 4.75. The van der Waals surface area contributed by atoms with Crippen molar-refractivity contribution in [3.05, 3.63) is 61.5 Å². The van der Waals surface area contributed by atoms with Crippen molar-refractivity contribution in [1.29, 1.82) is 0 Å². The second-order valence-corrected chi connectivity index (χ2v) is 7.86. The summed E-state index contributed by atoms with van der Waals surface area (Å²) in [5.41, 5.74) is 4.31. The van der Waals surface area contributed by atoms with Crippen LogP contribution in [0.1, 0.15) is 45.6 Å². The molecule has 0 aliphatic carbocycles. The Balaban J connectivity index is 1.77. The lowest BCUT2D eigenvalue weighted by atomic mass is 10.0. The number of aromatic nitrogens is 1. The number of nitrogens with one attached hydrogen (secondary N) is 4. The van der Waals surface area contributed by atoms with Crippen LogP contribution in [0, 0.1) is 20.8 Å². The maximum atomic E-state index is 12.8. The van der Waals surface area contributed by atoms with E-state index in [1.54, 1.807) is 6.07 Å². The predicted molar refractivity (Wildman–Crippen MR) is 113 cm³/mol. The first-order chi connectivity index (χ1) is 13.3. The Hall–Kier alpha value is -2.31.